The van der Waals surface area contributed by atoms with E-state index in [1.165, 1.54) is 38.5 Å². The molecule has 3 heteroatoms. The van der Waals surface area contributed by atoms with E-state index < -0.39 is 0 Å². The molecule has 0 aliphatic heterocycles. The number of rotatable bonds is 5. The van der Waals surface area contributed by atoms with Gasteiger partial charge in [-0.3, -0.25) is 0 Å². The van der Waals surface area contributed by atoms with E-state index in [2.05, 4.69) is 21.8 Å². The Morgan fingerprint density at radius 2 is 2.12 bits per heavy atom. The minimum absolute atomic E-state index is 0.410. The molecule has 1 heterocycles. The third kappa shape index (κ3) is 3.34. The van der Waals surface area contributed by atoms with E-state index in [0.29, 0.717) is 5.54 Å². The van der Waals surface area contributed by atoms with E-state index in [1.807, 2.05) is 18.7 Å². The quantitative estimate of drug-likeness (QED) is 0.775. The van der Waals surface area contributed by atoms with Crippen molar-refractivity contribution in [3.8, 4) is 0 Å². The summed E-state index contributed by atoms with van der Waals surface area (Å²) >= 11 is 0. The minimum atomic E-state index is 0.410. The Morgan fingerprint density at radius 1 is 1.31 bits per heavy atom. The van der Waals surface area contributed by atoms with Crippen molar-refractivity contribution in [3.05, 3.63) is 18.7 Å². The zero-order chi connectivity index (χ0) is 11.3. The average Bonchev–Trinajstić information content (AvgIpc) is 2.78. The summed E-state index contributed by atoms with van der Waals surface area (Å²) in [7, 11) is 0. The highest BCUT2D eigenvalue weighted by molar-refractivity contribution is 4.86. The van der Waals surface area contributed by atoms with Gasteiger partial charge in [-0.25, -0.2) is 4.98 Å². The molecule has 90 valence electrons. The van der Waals surface area contributed by atoms with Gasteiger partial charge in [0.1, 0.15) is 0 Å². The summed E-state index contributed by atoms with van der Waals surface area (Å²) in [5.41, 5.74) is 0.410. The van der Waals surface area contributed by atoms with Crippen LogP contribution in [0.2, 0.25) is 0 Å². The zero-order valence-corrected chi connectivity index (χ0v) is 10.3. The molecule has 2 rings (SSSR count). The SMILES string of the molecule is CC1(NCCCn2ccnc2)CCCCC1. The van der Waals surface area contributed by atoms with E-state index in [0.717, 1.165) is 13.1 Å². The molecule has 16 heavy (non-hydrogen) atoms. The van der Waals surface area contributed by atoms with Crippen LogP contribution < -0.4 is 5.32 Å². The van der Waals surface area contributed by atoms with E-state index >= 15 is 0 Å². The number of nitrogens with one attached hydrogen (secondary N) is 1. The maximum Gasteiger partial charge on any atom is 0.0945 e. The van der Waals surface area contributed by atoms with Crippen LogP contribution in [0.25, 0.3) is 0 Å². The molecule has 0 unspecified atom stereocenters. The van der Waals surface area contributed by atoms with Gasteiger partial charge in [0.25, 0.3) is 0 Å². The number of nitrogens with zero attached hydrogens (tertiary/aromatic N) is 2. The fourth-order valence-corrected chi connectivity index (χ4v) is 2.58. The van der Waals surface area contributed by atoms with E-state index in [9.17, 15) is 0 Å². The highest BCUT2D eigenvalue weighted by Crippen LogP contribution is 2.27. The molecule has 1 aromatic rings. The van der Waals surface area contributed by atoms with Gasteiger partial charge in [-0.1, -0.05) is 19.3 Å². The van der Waals surface area contributed by atoms with Gasteiger partial charge in [0.2, 0.25) is 0 Å². The second kappa shape index (κ2) is 5.48. The van der Waals surface area contributed by atoms with Crippen LogP contribution in [0.5, 0.6) is 0 Å². The highest BCUT2D eigenvalue weighted by atomic mass is 15.0. The molecule has 0 spiro atoms. The monoisotopic (exact) mass is 221 g/mol. The molecule has 1 saturated carbocycles. The molecule has 3 nitrogen and oxygen atoms in total. The van der Waals surface area contributed by atoms with Gasteiger partial charge in [-0.2, -0.15) is 0 Å². The van der Waals surface area contributed by atoms with Crippen LogP contribution in [0.1, 0.15) is 45.4 Å². The number of aromatic nitrogens is 2. The van der Waals surface area contributed by atoms with Crippen LogP contribution in [0.4, 0.5) is 0 Å². The first-order valence-electron chi connectivity index (χ1n) is 6.49. The van der Waals surface area contributed by atoms with Crippen molar-refractivity contribution < 1.29 is 0 Å². The molecule has 0 atom stereocenters. The first-order chi connectivity index (χ1) is 7.79. The first-order valence-corrected chi connectivity index (χ1v) is 6.49. The standard InChI is InChI=1S/C13H23N3/c1-13(6-3-2-4-7-13)15-8-5-10-16-11-9-14-12-16/h9,11-12,15H,2-8,10H2,1H3. The third-order valence-corrected chi connectivity index (χ3v) is 3.66. The van der Waals surface area contributed by atoms with E-state index in [4.69, 9.17) is 0 Å². The number of hydrogen-bond donors (Lipinski definition) is 1. The molecule has 0 saturated heterocycles. The largest absolute Gasteiger partial charge is 0.337 e. The van der Waals surface area contributed by atoms with E-state index in [1.54, 1.807) is 0 Å². The predicted molar refractivity (Wildman–Crippen MR) is 66.3 cm³/mol. The van der Waals surface area contributed by atoms with E-state index in [-0.39, 0.29) is 0 Å². The molecular formula is C13H23N3. The second-order valence-electron chi connectivity index (χ2n) is 5.20. The molecule has 1 aliphatic rings. The normalized spacial score (nSPS) is 19.8. The molecule has 0 radical (unpaired) electrons. The van der Waals surface area contributed by atoms with Gasteiger partial charge in [0.05, 0.1) is 6.33 Å². The maximum atomic E-state index is 4.05. The Bertz CT molecular complexity index is 286. The molecule has 0 amide bonds. The van der Waals surface area contributed by atoms with Crippen molar-refractivity contribution in [2.45, 2.75) is 57.5 Å². The van der Waals surface area contributed by atoms with Gasteiger partial charge < -0.3 is 9.88 Å². The van der Waals surface area contributed by atoms with Crippen LogP contribution in [-0.2, 0) is 6.54 Å². The predicted octanol–water partition coefficient (Wildman–Crippen LogP) is 2.59. The summed E-state index contributed by atoms with van der Waals surface area (Å²) in [5.74, 6) is 0. The van der Waals surface area contributed by atoms with Crippen LogP contribution in [0.15, 0.2) is 18.7 Å². The lowest BCUT2D eigenvalue weighted by atomic mass is 9.83. The van der Waals surface area contributed by atoms with Crippen molar-refractivity contribution in [2.75, 3.05) is 6.54 Å². The van der Waals surface area contributed by atoms with Crippen molar-refractivity contribution in [1.29, 1.82) is 0 Å². The van der Waals surface area contributed by atoms with Crippen molar-refractivity contribution in [3.63, 3.8) is 0 Å². The van der Waals surface area contributed by atoms with Gasteiger partial charge in [0, 0.05) is 24.5 Å². The lowest BCUT2D eigenvalue weighted by Gasteiger charge is -2.34. The van der Waals surface area contributed by atoms with Crippen LogP contribution in [-0.4, -0.2) is 21.6 Å². The topological polar surface area (TPSA) is 29.9 Å². The van der Waals surface area contributed by atoms with Gasteiger partial charge in [-0.15, -0.1) is 0 Å². The molecule has 1 N–H and O–H groups in total. The van der Waals surface area contributed by atoms with Gasteiger partial charge in [0.15, 0.2) is 0 Å². The third-order valence-electron chi connectivity index (χ3n) is 3.66. The summed E-state index contributed by atoms with van der Waals surface area (Å²) in [6.45, 7) is 4.57. The smallest absolute Gasteiger partial charge is 0.0945 e. The molecule has 0 aromatic carbocycles. The highest BCUT2D eigenvalue weighted by Gasteiger charge is 2.25. The zero-order valence-electron chi connectivity index (χ0n) is 10.3. The maximum absolute atomic E-state index is 4.05. The first kappa shape index (κ1) is 11.6. The summed E-state index contributed by atoms with van der Waals surface area (Å²) in [6.07, 6.45) is 13.9. The number of aryl methyl sites for hydroxylation is 1. The summed E-state index contributed by atoms with van der Waals surface area (Å²) < 4.78 is 2.14. The molecule has 1 aromatic heterocycles. The molecule has 0 bridgehead atoms. The number of imidazole rings is 1. The Hall–Kier alpha value is -0.830. The Balaban J connectivity index is 1.63. The lowest BCUT2D eigenvalue weighted by molar-refractivity contribution is 0.252. The fraction of sp³-hybridized carbons (Fsp3) is 0.769. The van der Waals surface area contributed by atoms with Crippen LogP contribution in [0, 0.1) is 0 Å². The summed E-state index contributed by atoms with van der Waals surface area (Å²) in [5, 5.41) is 3.73. The fourth-order valence-electron chi connectivity index (χ4n) is 2.58. The summed E-state index contributed by atoms with van der Waals surface area (Å²) in [6, 6.07) is 0. The minimum Gasteiger partial charge on any atom is -0.337 e. The second-order valence-corrected chi connectivity index (χ2v) is 5.20. The van der Waals surface area contributed by atoms with Gasteiger partial charge in [-0.05, 0) is 32.7 Å². The lowest BCUT2D eigenvalue weighted by Crippen LogP contribution is -2.44. The van der Waals surface area contributed by atoms with Gasteiger partial charge >= 0.3 is 0 Å². The molecule has 1 fully saturated rings. The van der Waals surface area contributed by atoms with Crippen LogP contribution in [0.3, 0.4) is 0 Å². The molecular weight excluding hydrogens is 198 g/mol. The average molecular weight is 221 g/mol. The Kier molecular flexibility index (Phi) is 3.99. The Morgan fingerprint density at radius 3 is 2.81 bits per heavy atom. The van der Waals surface area contributed by atoms with Crippen molar-refractivity contribution in [1.82, 2.24) is 14.9 Å². The molecule has 1 aliphatic carbocycles. The summed E-state index contributed by atoms with van der Waals surface area (Å²) in [4.78, 5) is 4.05. The van der Waals surface area contributed by atoms with Crippen molar-refractivity contribution >= 4 is 0 Å². The Labute approximate surface area is 98.3 Å². The van der Waals surface area contributed by atoms with Crippen molar-refractivity contribution in [2.24, 2.45) is 0 Å². The number of hydrogen-bond acceptors (Lipinski definition) is 2. The van der Waals surface area contributed by atoms with Crippen LogP contribution >= 0.6 is 0 Å².